The zero-order chi connectivity index (χ0) is 14.4. The molecule has 0 atom stereocenters. The van der Waals surface area contributed by atoms with Crippen LogP contribution >= 0.6 is 12.4 Å². The van der Waals surface area contributed by atoms with E-state index in [1.165, 1.54) is 11.1 Å². The highest BCUT2D eigenvalue weighted by molar-refractivity contribution is 5.85. The van der Waals surface area contributed by atoms with Crippen LogP contribution in [-0.2, 0) is 11.3 Å². The maximum absolute atomic E-state index is 11.5. The maximum Gasteiger partial charge on any atom is 0.234 e. The van der Waals surface area contributed by atoms with Gasteiger partial charge in [0.15, 0.2) is 0 Å². The van der Waals surface area contributed by atoms with Gasteiger partial charge < -0.3 is 10.6 Å². The fraction of sp³-hybridized carbons (Fsp3) is 0.562. The molecule has 1 amide bonds. The van der Waals surface area contributed by atoms with Crippen LogP contribution in [0.2, 0.25) is 0 Å². The highest BCUT2D eigenvalue weighted by Gasteiger charge is 2.20. The molecule has 118 valence electrons. The predicted molar refractivity (Wildman–Crippen MR) is 88.8 cm³/mol. The molecule has 21 heavy (non-hydrogen) atoms. The first-order chi connectivity index (χ1) is 9.69. The van der Waals surface area contributed by atoms with Crippen LogP contribution in [0, 0.1) is 6.92 Å². The number of nitrogens with zero attached hydrogens (tertiary/aromatic N) is 1. The number of likely N-dealkylation sites (tertiary alicyclic amines) is 1. The number of hydrogen-bond acceptors (Lipinski definition) is 3. The van der Waals surface area contributed by atoms with Gasteiger partial charge >= 0.3 is 0 Å². The molecule has 0 aromatic heterocycles. The molecule has 0 bridgehead atoms. The number of likely N-dealkylation sites (N-methyl/N-ethyl adjacent to an activating group) is 1. The summed E-state index contributed by atoms with van der Waals surface area (Å²) in [4.78, 5) is 14.0. The number of carbonyl (C=O) groups is 1. The minimum atomic E-state index is 0. The molecule has 1 heterocycles. The number of hydrogen-bond donors (Lipinski definition) is 2. The van der Waals surface area contributed by atoms with E-state index < -0.39 is 0 Å². The molecule has 2 rings (SSSR count). The van der Waals surface area contributed by atoms with Crippen LogP contribution < -0.4 is 10.6 Å². The number of aryl methyl sites for hydroxylation is 1. The summed E-state index contributed by atoms with van der Waals surface area (Å²) in [5.74, 6) is 0.102. The molecule has 0 unspecified atom stereocenters. The number of piperidine rings is 1. The average molecular weight is 312 g/mol. The topological polar surface area (TPSA) is 44.4 Å². The highest BCUT2D eigenvalue weighted by atomic mass is 35.5. The number of nitrogens with one attached hydrogen (secondary N) is 2. The predicted octanol–water partition coefficient (Wildman–Crippen LogP) is 1.72. The Hall–Kier alpha value is -1.10. The van der Waals surface area contributed by atoms with Crippen LogP contribution in [0.15, 0.2) is 24.3 Å². The first kappa shape index (κ1) is 18.0. The lowest BCUT2D eigenvalue weighted by molar-refractivity contribution is -0.121. The van der Waals surface area contributed by atoms with Crippen molar-refractivity contribution in [3.8, 4) is 0 Å². The van der Waals surface area contributed by atoms with Crippen molar-refractivity contribution in [2.24, 2.45) is 0 Å². The van der Waals surface area contributed by atoms with Gasteiger partial charge in [-0.1, -0.05) is 24.3 Å². The number of carbonyl (C=O) groups excluding carboxylic acids is 1. The Balaban J connectivity index is 0.00000220. The number of amides is 1. The van der Waals surface area contributed by atoms with E-state index in [0.717, 1.165) is 32.5 Å². The van der Waals surface area contributed by atoms with Gasteiger partial charge in [0.05, 0.1) is 6.54 Å². The van der Waals surface area contributed by atoms with Crippen LogP contribution in [0.25, 0.3) is 0 Å². The van der Waals surface area contributed by atoms with Gasteiger partial charge in [-0.25, -0.2) is 0 Å². The minimum absolute atomic E-state index is 0. The second-order valence-corrected chi connectivity index (χ2v) is 5.57. The van der Waals surface area contributed by atoms with Crippen molar-refractivity contribution in [2.75, 3.05) is 26.7 Å². The van der Waals surface area contributed by atoms with Crippen LogP contribution in [0.5, 0.6) is 0 Å². The highest BCUT2D eigenvalue weighted by Crippen LogP contribution is 2.16. The fourth-order valence-electron chi connectivity index (χ4n) is 2.70. The van der Waals surface area contributed by atoms with Crippen LogP contribution in [0.1, 0.15) is 24.0 Å². The third-order valence-corrected chi connectivity index (χ3v) is 3.95. The molecule has 1 aromatic rings. The number of benzene rings is 1. The standard InChI is InChI=1S/C16H25N3O.ClH/c1-13-5-3-4-6-14(13)12-19-9-7-15(8-10-19)18-16(20)11-17-2;/h3-6,15,17H,7-12H2,1-2H3,(H,18,20);1H. The second kappa shape index (κ2) is 9.03. The van der Waals surface area contributed by atoms with Gasteiger partial charge in [-0.15, -0.1) is 12.4 Å². The van der Waals surface area contributed by atoms with Gasteiger partial charge in [0.2, 0.25) is 5.91 Å². The SMILES string of the molecule is CNCC(=O)NC1CCN(Cc2ccccc2C)CC1.Cl. The molecular formula is C16H26ClN3O. The summed E-state index contributed by atoms with van der Waals surface area (Å²) < 4.78 is 0. The van der Waals surface area contributed by atoms with Gasteiger partial charge in [0.1, 0.15) is 0 Å². The van der Waals surface area contributed by atoms with E-state index in [9.17, 15) is 4.79 Å². The van der Waals surface area contributed by atoms with Crippen molar-refractivity contribution in [3.63, 3.8) is 0 Å². The zero-order valence-corrected chi connectivity index (χ0v) is 13.7. The van der Waals surface area contributed by atoms with Crippen LogP contribution in [0.4, 0.5) is 0 Å². The van der Waals surface area contributed by atoms with Crippen LogP contribution in [-0.4, -0.2) is 43.5 Å². The van der Waals surface area contributed by atoms with E-state index in [1.54, 1.807) is 7.05 Å². The molecule has 0 saturated carbocycles. The van der Waals surface area contributed by atoms with E-state index >= 15 is 0 Å². The molecule has 0 aliphatic carbocycles. The summed E-state index contributed by atoms with van der Waals surface area (Å²) in [6.45, 7) is 5.70. The Morgan fingerprint density at radius 3 is 2.57 bits per heavy atom. The van der Waals surface area contributed by atoms with E-state index in [0.29, 0.717) is 12.6 Å². The molecule has 1 aliphatic heterocycles. The molecule has 0 spiro atoms. The second-order valence-electron chi connectivity index (χ2n) is 5.57. The van der Waals surface area contributed by atoms with E-state index in [-0.39, 0.29) is 18.3 Å². The summed E-state index contributed by atoms with van der Waals surface area (Å²) in [5, 5.41) is 5.97. The van der Waals surface area contributed by atoms with Gasteiger partial charge in [0.25, 0.3) is 0 Å². The van der Waals surface area contributed by atoms with Crippen molar-refractivity contribution < 1.29 is 4.79 Å². The van der Waals surface area contributed by atoms with Crippen LogP contribution in [0.3, 0.4) is 0 Å². The normalized spacial score (nSPS) is 16.3. The first-order valence-electron chi connectivity index (χ1n) is 7.40. The summed E-state index contributed by atoms with van der Waals surface area (Å²) in [6.07, 6.45) is 2.09. The Kier molecular flexibility index (Phi) is 7.72. The fourth-order valence-corrected chi connectivity index (χ4v) is 2.70. The lowest BCUT2D eigenvalue weighted by Crippen LogP contribution is -2.46. The van der Waals surface area contributed by atoms with Crippen molar-refractivity contribution in [3.05, 3.63) is 35.4 Å². The molecule has 1 aliphatic rings. The summed E-state index contributed by atoms with van der Waals surface area (Å²) in [6, 6.07) is 8.90. The number of rotatable bonds is 5. The molecular weight excluding hydrogens is 286 g/mol. The summed E-state index contributed by atoms with van der Waals surface area (Å²) in [7, 11) is 1.80. The largest absolute Gasteiger partial charge is 0.352 e. The Bertz CT molecular complexity index is 445. The lowest BCUT2D eigenvalue weighted by Gasteiger charge is -2.32. The number of halogens is 1. The molecule has 5 heteroatoms. The Morgan fingerprint density at radius 2 is 1.95 bits per heavy atom. The van der Waals surface area contributed by atoms with Crippen molar-refractivity contribution in [2.45, 2.75) is 32.4 Å². The molecule has 1 fully saturated rings. The lowest BCUT2D eigenvalue weighted by atomic mass is 10.0. The Labute approximate surface area is 133 Å². The Morgan fingerprint density at radius 1 is 1.29 bits per heavy atom. The third-order valence-electron chi connectivity index (χ3n) is 3.95. The minimum Gasteiger partial charge on any atom is -0.352 e. The summed E-state index contributed by atoms with van der Waals surface area (Å²) >= 11 is 0. The van der Waals surface area contributed by atoms with E-state index in [1.807, 2.05) is 0 Å². The van der Waals surface area contributed by atoms with Crippen molar-refractivity contribution in [1.82, 2.24) is 15.5 Å². The molecule has 0 radical (unpaired) electrons. The van der Waals surface area contributed by atoms with Gasteiger partial charge in [-0.05, 0) is 37.9 Å². The van der Waals surface area contributed by atoms with Crippen molar-refractivity contribution >= 4 is 18.3 Å². The summed E-state index contributed by atoms with van der Waals surface area (Å²) in [5.41, 5.74) is 2.77. The maximum atomic E-state index is 11.5. The quantitative estimate of drug-likeness (QED) is 0.870. The van der Waals surface area contributed by atoms with Gasteiger partial charge in [0, 0.05) is 25.7 Å². The molecule has 1 saturated heterocycles. The monoisotopic (exact) mass is 311 g/mol. The zero-order valence-electron chi connectivity index (χ0n) is 12.9. The van der Waals surface area contributed by atoms with Gasteiger partial charge in [-0.3, -0.25) is 9.69 Å². The van der Waals surface area contributed by atoms with Crippen molar-refractivity contribution in [1.29, 1.82) is 0 Å². The van der Waals surface area contributed by atoms with E-state index in [4.69, 9.17) is 0 Å². The molecule has 4 nitrogen and oxygen atoms in total. The van der Waals surface area contributed by atoms with E-state index in [2.05, 4.69) is 46.7 Å². The van der Waals surface area contributed by atoms with Gasteiger partial charge in [-0.2, -0.15) is 0 Å². The molecule has 1 aromatic carbocycles. The third kappa shape index (κ3) is 5.65. The average Bonchev–Trinajstić information content (AvgIpc) is 2.44. The smallest absolute Gasteiger partial charge is 0.234 e. The first-order valence-corrected chi connectivity index (χ1v) is 7.40. The molecule has 2 N–H and O–H groups in total.